The first-order valence-electron chi connectivity index (χ1n) is 0.626. The average molecular weight is 125 g/mol. The number of carbonyl (C=O) groups is 1. The third-order valence-electron chi connectivity index (χ3n) is 0.0364. The van der Waals surface area contributed by atoms with Crippen molar-refractivity contribution in [2.24, 2.45) is 0 Å². The van der Waals surface area contributed by atoms with Gasteiger partial charge in [0.25, 0.3) is 0 Å². The molecule has 0 aromatic heterocycles. The third-order valence-corrected chi connectivity index (χ3v) is 0.189. The van der Waals surface area contributed by atoms with Gasteiger partial charge in [0, 0.05) is 0 Å². The van der Waals surface area contributed by atoms with Gasteiger partial charge in [-0.1, -0.05) is 0 Å². The average Bonchev–Trinajstić information content (AvgIpc) is 1.37. The lowest BCUT2D eigenvalue weighted by molar-refractivity contribution is -0.118. The molecule has 0 saturated carbocycles. The highest BCUT2D eigenvalue weighted by Gasteiger charge is 1.49. The normalized spacial score (nSPS) is 5.25. The van der Waals surface area contributed by atoms with Crippen LogP contribution in [-0.4, -0.2) is 6.47 Å². The Morgan fingerprint density at radius 3 is 2.25 bits per heavy atom. The molecule has 0 aromatic carbocycles. The lowest BCUT2D eigenvalue weighted by atomic mass is 11.7. The van der Waals surface area contributed by atoms with Gasteiger partial charge in [-0.3, -0.25) is 4.79 Å². The Kier molecular flexibility index (Phi) is 2.91. The van der Waals surface area contributed by atoms with E-state index in [-0.39, 0.29) is 0 Å². The molecule has 0 rings (SSSR count). The van der Waals surface area contributed by atoms with Gasteiger partial charge in [0.05, 0.1) is 0 Å². The lowest BCUT2D eigenvalue weighted by Crippen LogP contribution is -1.56. The zero-order valence-electron chi connectivity index (χ0n) is 1.77. The molecule has 2 nitrogen and oxygen atoms in total. The second-order valence-corrected chi connectivity index (χ2v) is 0.559. The van der Waals surface area contributed by atoms with Crippen molar-refractivity contribution in [1.29, 1.82) is 0 Å². The summed E-state index contributed by atoms with van der Waals surface area (Å²) in [4.78, 5) is 8.90. The van der Waals surface area contributed by atoms with E-state index in [1.165, 1.54) is 0 Å². The van der Waals surface area contributed by atoms with Gasteiger partial charge in [0.2, 0.25) is 0 Å². The van der Waals surface area contributed by atoms with Gasteiger partial charge in [-0.05, 0) is 0 Å². The molecule has 0 aromatic rings. The van der Waals surface area contributed by atoms with Crippen molar-refractivity contribution >= 4 is 22.7 Å². The van der Waals surface area contributed by atoms with Crippen molar-refractivity contribution in [3.8, 4) is 0 Å². The van der Waals surface area contributed by atoms with Gasteiger partial charge in [-0.2, -0.15) is 0 Å². The van der Waals surface area contributed by atoms with E-state index in [0.717, 1.165) is 0 Å². The molecule has 0 amide bonds. The van der Waals surface area contributed by atoms with E-state index in [2.05, 4.69) is 20.1 Å². The second-order valence-electron chi connectivity index (χ2n) is 0.185. The van der Waals surface area contributed by atoms with Gasteiger partial charge < -0.3 is 3.83 Å². The lowest BCUT2D eigenvalue weighted by Gasteiger charge is -1.60. The fourth-order valence-electron chi connectivity index (χ4n) is 0. The molecular weight excluding hydrogens is 124 g/mol. The van der Waals surface area contributed by atoms with Gasteiger partial charge in [-0.15, -0.1) is 0 Å². The molecule has 0 atom stereocenters. The van der Waals surface area contributed by atoms with E-state index in [4.69, 9.17) is 4.79 Å². The van der Waals surface area contributed by atoms with Crippen LogP contribution < -0.4 is 0 Å². The van der Waals surface area contributed by atoms with Crippen LogP contribution in [0.1, 0.15) is 0 Å². The van der Waals surface area contributed by atoms with Gasteiger partial charge in [0.1, 0.15) is 0 Å². The largest absolute Gasteiger partial charge is 0.386 e. The molecule has 3 heteroatoms. The maximum Gasteiger partial charge on any atom is 0.304 e. The van der Waals surface area contributed by atoms with Crippen molar-refractivity contribution in [1.82, 2.24) is 0 Å². The molecule has 0 N–H and O–H groups in total. The predicted molar refractivity (Wildman–Crippen MR) is 16.1 cm³/mol. The Morgan fingerprint density at radius 1 is 2.00 bits per heavy atom. The molecule has 0 spiro atoms. The number of hydrogen-bond acceptors (Lipinski definition) is 2. The van der Waals surface area contributed by atoms with Crippen molar-refractivity contribution in [3.05, 3.63) is 0 Å². The predicted octanol–water partition coefficient (Wildman–Crippen LogP) is 0.469. The summed E-state index contributed by atoms with van der Waals surface area (Å²) in [6, 6.07) is 0. The van der Waals surface area contributed by atoms with Crippen LogP contribution in [0.15, 0.2) is 0 Å². The molecular formula is CHBrO2. The third kappa shape index (κ3) is 1.95. The van der Waals surface area contributed by atoms with Crippen LogP contribution in [0.25, 0.3) is 0 Å². The van der Waals surface area contributed by atoms with Crippen LogP contribution in [0.3, 0.4) is 0 Å². The zero-order chi connectivity index (χ0) is 3.41. The topological polar surface area (TPSA) is 26.3 Å². The van der Waals surface area contributed by atoms with Crippen molar-refractivity contribution in [3.63, 3.8) is 0 Å². The highest BCUT2D eigenvalue weighted by atomic mass is 79.9. The van der Waals surface area contributed by atoms with E-state index in [9.17, 15) is 0 Å². The van der Waals surface area contributed by atoms with Crippen LogP contribution in [-0.2, 0) is 8.62 Å². The van der Waals surface area contributed by atoms with E-state index in [1.54, 1.807) is 0 Å². The molecule has 0 aliphatic carbocycles. The molecule has 0 radical (unpaired) electrons. The minimum absolute atomic E-state index is 0.292. The number of hydrogen-bond donors (Lipinski definition) is 0. The molecule has 0 unspecified atom stereocenters. The summed E-state index contributed by atoms with van der Waals surface area (Å²) in [6.45, 7) is 0.292. The summed E-state index contributed by atoms with van der Waals surface area (Å²) in [5.41, 5.74) is 0. The first kappa shape index (κ1) is 3.95. The SMILES string of the molecule is O=COBr. The fraction of sp³-hybridized carbons (Fsp3) is 0. The van der Waals surface area contributed by atoms with Gasteiger partial charge >= 0.3 is 6.47 Å². The summed E-state index contributed by atoms with van der Waals surface area (Å²) >= 11 is 2.38. The molecule has 0 aliphatic rings. The summed E-state index contributed by atoms with van der Waals surface area (Å²) in [7, 11) is 0. The van der Waals surface area contributed by atoms with Crippen molar-refractivity contribution in [2.75, 3.05) is 0 Å². The molecule has 0 bridgehead atoms. The van der Waals surface area contributed by atoms with E-state index >= 15 is 0 Å². The molecule has 0 saturated heterocycles. The van der Waals surface area contributed by atoms with E-state index < -0.39 is 0 Å². The standard InChI is InChI=1S/CHBrO2/c2-4-1-3/h1H. The van der Waals surface area contributed by atoms with Crippen molar-refractivity contribution in [2.45, 2.75) is 0 Å². The highest BCUT2D eigenvalue weighted by molar-refractivity contribution is 9.06. The van der Waals surface area contributed by atoms with Gasteiger partial charge in [0.15, 0.2) is 16.3 Å². The first-order valence-corrected chi connectivity index (χ1v) is 1.27. The quantitative estimate of drug-likeness (QED) is 0.476. The summed E-state index contributed by atoms with van der Waals surface area (Å²) in [6.07, 6.45) is 0. The Hall–Kier alpha value is -0.0500. The monoisotopic (exact) mass is 124 g/mol. The molecule has 0 heterocycles. The molecule has 4 heavy (non-hydrogen) atoms. The summed E-state index contributed by atoms with van der Waals surface area (Å²) < 4.78 is 3.67. The van der Waals surface area contributed by atoms with E-state index in [0.29, 0.717) is 6.47 Å². The smallest absolute Gasteiger partial charge is 0.304 e. The van der Waals surface area contributed by atoms with Crippen LogP contribution in [0, 0.1) is 0 Å². The number of rotatable bonds is 1. The highest BCUT2D eigenvalue weighted by Crippen LogP contribution is 1.70. The first-order chi connectivity index (χ1) is 1.91. The zero-order valence-corrected chi connectivity index (χ0v) is 3.36. The number of carbonyl (C=O) groups excluding carboxylic acids is 1. The van der Waals surface area contributed by atoms with Crippen molar-refractivity contribution < 1.29 is 8.62 Å². The minimum Gasteiger partial charge on any atom is -0.386 e. The molecule has 0 aliphatic heterocycles. The minimum atomic E-state index is 0.292. The summed E-state index contributed by atoms with van der Waals surface area (Å²) in [5, 5.41) is 0. The van der Waals surface area contributed by atoms with Crippen LogP contribution >= 0.6 is 16.3 Å². The Balaban J connectivity index is 2.30. The Labute approximate surface area is 32.2 Å². The maximum absolute atomic E-state index is 8.90. The molecule has 0 fully saturated rings. The maximum atomic E-state index is 8.90. The van der Waals surface area contributed by atoms with Crippen LogP contribution in [0.2, 0.25) is 0 Å². The van der Waals surface area contributed by atoms with Crippen LogP contribution in [0.4, 0.5) is 0 Å². The van der Waals surface area contributed by atoms with Crippen LogP contribution in [0.5, 0.6) is 0 Å². The Bertz CT molecular complexity index is 20.0. The van der Waals surface area contributed by atoms with E-state index in [1.807, 2.05) is 0 Å². The molecule has 24 valence electrons. The second kappa shape index (κ2) is 2.95. The Morgan fingerprint density at radius 2 is 2.25 bits per heavy atom. The summed E-state index contributed by atoms with van der Waals surface area (Å²) in [5.74, 6) is 0. The number of halogens is 1. The van der Waals surface area contributed by atoms with Gasteiger partial charge in [-0.25, -0.2) is 0 Å². The fourth-order valence-corrected chi connectivity index (χ4v) is 0.